The van der Waals surface area contributed by atoms with E-state index in [9.17, 15) is 22.8 Å². The summed E-state index contributed by atoms with van der Waals surface area (Å²) in [7, 11) is -2.53. The number of benzene rings is 2. The lowest BCUT2D eigenvalue weighted by atomic mass is 10.0. The van der Waals surface area contributed by atoms with Gasteiger partial charge in [-0.15, -0.1) is 0 Å². The number of sulfone groups is 1. The molecule has 12 heteroatoms. The molecule has 0 heterocycles. The molecular formula is C23H26N4O7S. The Kier molecular flexibility index (Phi) is 10.4. The normalized spacial score (nSPS) is 10.8. The molecule has 1 amide bonds. The highest BCUT2D eigenvalue weighted by molar-refractivity contribution is 7.91. The number of amides is 1. The van der Waals surface area contributed by atoms with Gasteiger partial charge in [0.25, 0.3) is 5.91 Å². The zero-order valence-corrected chi connectivity index (χ0v) is 20.2. The van der Waals surface area contributed by atoms with Gasteiger partial charge in [0.1, 0.15) is 0 Å². The minimum Gasteiger partial charge on any atom is -0.465 e. The maximum atomic E-state index is 12.8. The van der Waals surface area contributed by atoms with Crippen LogP contribution in [0.15, 0.2) is 52.5 Å². The van der Waals surface area contributed by atoms with Gasteiger partial charge in [-0.3, -0.25) is 9.59 Å². The number of hydrogen-bond donors (Lipinski definition) is 1. The molecule has 1 N–H and O–H groups in total. The number of aryl methyl sites for hydroxylation is 1. The number of ether oxygens (including phenoxy) is 2. The summed E-state index contributed by atoms with van der Waals surface area (Å²) >= 11 is 0. The largest absolute Gasteiger partial charge is 0.465 e. The second-order valence-electron chi connectivity index (χ2n) is 7.42. The van der Waals surface area contributed by atoms with Gasteiger partial charge < -0.3 is 14.8 Å². The van der Waals surface area contributed by atoms with Crippen LogP contribution in [0, 0.1) is 6.92 Å². The Morgan fingerprint density at radius 1 is 1.03 bits per heavy atom. The fourth-order valence-electron chi connectivity index (χ4n) is 2.98. The van der Waals surface area contributed by atoms with Crippen LogP contribution < -0.4 is 5.32 Å². The van der Waals surface area contributed by atoms with Crippen molar-refractivity contribution in [1.82, 2.24) is 5.32 Å². The Labute approximate surface area is 203 Å². The van der Waals surface area contributed by atoms with Gasteiger partial charge in [0, 0.05) is 35.5 Å². The number of esters is 1. The van der Waals surface area contributed by atoms with Crippen molar-refractivity contribution in [3.05, 3.63) is 75.2 Å². The van der Waals surface area contributed by atoms with Gasteiger partial charge in [-0.1, -0.05) is 22.8 Å². The molecule has 35 heavy (non-hydrogen) atoms. The van der Waals surface area contributed by atoms with E-state index in [0.717, 1.165) is 5.56 Å². The highest BCUT2D eigenvalue weighted by atomic mass is 32.2. The number of Topliss-reactive ketones (excluding diaryl/α,β-unsaturated/α-hetero) is 1. The number of carbonyl (C=O) groups is 3. The number of nitrogens with zero attached hydrogens (tertiary/aromatic N) is 3. The molecule has 0 fully saturated rings. The van der Waals surface area contributed by atoms with E-state index in [2.05, 4.69) is 15.3 Å². The van der Waals surface area contributed by atoms with E-state index in [1.165, 1.54) is 37.4 Å². The Bertz CT molecular complexity index is 1220. The molecule has 0 radical (unpaired) electrons. The molecule has 2 rings (SSSR count). The van der Waals surface area contributed by atoms with Crippen LogP contribution in [0.1, 0.15) is 43.1 Å². The summed E-state index contributed by atoms with van der Waals surface area (Å²) in [6.45, 7) is 2.49. The van der Waals surface area contributed by atoms with Crippen LogP contribution >= 0.6 is 0 Å². The Hall–Kier alpha value is -3.73. The van der Waals surface area contributed by atoms with Gasteiger partial charge >= 0.3 is 5.97 Å². The van der Waals surface area contributed by atoms with Gasteiger partial charge in [-0.25, -0.2) is 13.2 Å². The van der Waals surface area contributed by atoms with E-state index in [-0.39, 0.29) is 54.3 Å². The molecule has 2 aromatic carbocycles. The molecule has 0 aromatic heterocycles. The Morgan fingerprint density at radius 2 is 1.69 bits per heavy atom. The molecule has 11 nitrogen and oxygen atoms in total. The zero-order chi connectivity index (χ0) is 25.8. The molecule has 0 bridgehead atoms. The molecule has 0 saturated heterocycles. The molecule has 0 aliphatic carbocycles. The number of nitrogens with one attached hydrogen (secondary N) is 1. The second-order valence-corrected chi connectivity index (χ2v) is 9.53. The standard InChI is InChI=1S/C23H26N4O7S/c1-16-3-5-20(6-4-16)35(31,32)12-7-21(28)17-13-18(15-19(14-17)23(30)33-2)22(29)25-8-10-34-11-9-26-27-24/h3-6,13-15H,7-12H2,1-2H3,(H,25,29). The molecule has 2 aromatic rings. The molecular weight excluding hydrogens is 476 g/mol. The van der Waals surface area contributed by atoms with E-state index in [0.29, 0.717) is 0 Å². The van der Waals surface area contributed by atoms with Crippen LogP contribution in [0.3, 0.4) is 0 Å². The van der Waals surface area contributed by atoms with E-state index in [1.807, 2.05) is 6.92 Å². The highest BCUT2D eigenvalue weighted by Gasteiger charge is 2.20. The van der Waals surface area contributed by atoms with Crippen molar-refractivity contribution in [2.45, 2.75) is 18.2 Å². The van der Waals surface area contributed by atoms with Crippen LogP contribution in [-0.4, -0.2) is 65.2 Å². The first kappa shape index (κ1) is 27.5. The number of azide groups is 1. The van der Waals surface area contributed by atoms with E-state index in [4.69, 9.17) is 15.0 Å². The van der Waals surface area contributed by atoms with Crippen molar-refractivity contribution in [2.75, 3.05) is 39.2 Å². The summed E-state index contributed by atoms with van der Waals surface area (Å²) in [6, 6.07) is 10.2. The number of ketones is 1. The van der Waals surface area contributed by atoms with Crippen LogP contribution in [0.2, 0.25) is 0 Å². The van der Waals surface area contributed by atoms with Crippen molar-refractivity contribution in [3.63, 3.8) is 0 Å². The average Bonchev–Trinajstić information content (AvgIpc) is 2.86. The third-order valence-corrected chi connectivity index (χ3v) is 6.58. The van der Waals surface area contributed by atoms with Crippen LogP contribution in [-0.2, 0) is 19.3 Å². The number of rotatable bonds is 13. The van der Waals surface area contributed by atoms with Crippen molar-refractivity contribution in [2.24, 2.45) is 5.11 Å². The van der Waals surface area contributed by atoms with E-state index < -0.39 is 33.2 Å². The number of methoxy groups -OCH3 is 1. The fourth-order valence-corrected chi connectivity index (χ4v) is 4.22. The Morgan fingerprint density at radius 3 is 2.34 bits per heavy atom. The molecule has 0 saturated carbocycles. The van der Waals surface area contributed by atoms with Crippen LogP contribution in [0.4, 0.5) is 0 Å². The summed E-state index contributed by atoms with van der Waals surface area (Å²) in [5.74, 6) is -2.27. The first-order valence-corrected chi connectivity index (χ1v) is 12.3. The van der Waals surface area contributed by atoms with Gasteiger partial charge in [-0.2, -0.15) is 0 Å². The summed E-state index contributed by atoms with van der Waals surface area (Å²) in [5, 5.41) is 5.91. The third-order valence-electron chi connectivity index (χ3n) is 4.85. The van der Waals surface area contributed by atoms with Crippen molar-refractivity contribution in [3.8, 4) is 0 Å². The molecule has 0 atom stereocenters. The molecule has 0 spiro atoms. The SMILES string of the molecule is COC(=O)c1cc(C(=O)CCS(=O)(=O)c2ccc(C)cc2)cc(C(=O)NCCOCCN=[N+]=[N-])c1. The second kappa shape index (κ2) is 13.2. The Balaban J connectivity index is 2.11. The molecule has 0 unspecified atom stereocenters. The quantitative estimate of drug-likeness (QED) is 0.110. The monoisotopic (exact) mass is 502 g/mol. The summed E-state index contributed by atoms with van der Waals surface area (Å²) in [4.78, 5) is 40.1. The smallest absolute Gasteiger partial charge is 0.337 e. The zero-order valence-electron chi connectivity index (χ0n) is 19.4. The fraction of sp³-hybridized carbons (Fsp3) is 0.348. The summed E-state index contributed by atoms with van der Waals surface area (Å²) in [6.07, 6.45) is -0.332. The van der Waals surface area contributed by atoms with Gasteiger partial charge in [-0.05, 0) is 42.8 Å². The summed E-state index contributed by atoms with van der Waals surface area (Å²) < 4.78 is 35.1. The first-order valence-electron chi connectivity index (χ1n) is 10.6. The van der Waals surface area contributed by atoms with E-state index in [1.54, 1.807) is 12.1 Å². The van der Waals surface area contributed by atoms with Gasteiger partial charge in [0.15, 0.2) is 15.6 Å². The lowest BCUT2D eigenvalue weighted by Gasteiger charge is -2.10. The minimum absolute atomic E-state index is 0.0165. The van der Waals surface area contributed by atoms with Gasteiger partial charge in [0.2, 0.25) is 0 Å². The van der Waals surface area contributed by atoms with Crippen molar-refractivity contribution < 1.29 is 32.3 Å². The van der Waals surface area contributed by atoms with Crippen molar-refractivity contribution >= 4 is 27.5 Å². The first-order chi connectivity index (χ1) is 16.7. The minimum atomic E-state index is -3.69. The third kappa shape index (κ3) is 8.53. The topological polar surface area (TPSA) is 165 Å². The number of hydrogen-bond acceptors (Lipinski definition) is 8. The lowest BCUT2D eigenvalue weighted by molar-refractivity contribution is 0.0600. The predicted molar refractivity (Wildman–Crippen MR) is 127 cm³/mol. The van der Waals surface area contributed by atoms with Crippen LogP contribution in [0.25, 0.3) is 10.4 Å². The number of carbonyl (C=O) groups excluding carboxylic acids is 3. The highest BCUT2D eigenvalue weighted by Crippen LogP contribution is 2.17. The molecule has 186 valence electrons. The molecule has 0 aliphatic rings. The summed E-state index contributed by atoms with van der Waals surface area (Å²) in [5.41, 5.74) is 9.14. The maximum Gasteiger partial charge on any atom is 0.337 e. The maximum absolute atomic E-state index is 12.8. The van der Waals surface area contributed by atoms with E-state index >= 15 is 0 Å². The predicted octanol–water partition coefficient (Wildman–Crippen LogP) is 2.89. The van der Waals surface area contributed by atoms with Crippen molar-refractivity contribution in [1.29, 1.82) is 0 Å². The lowest BCUT2D eigenvalue weighted by Crippen LogP contribution is -2.28. The molecule has 0 aliphatic heterocycles. The van der Waals surface area contributed by atoms with Gasteiger partial charge in [0.05, 0.1) is 36.5 Å². The van der Waals surface area contributed by atoms with Crippen LogP contribution in [0.5, 0.6) is 0 Å². The average molecular weight is 503 g/mol.